The molecule has 80 valence electrons. The summed E-state index contributed by atoms with van der Waals surface area (Å²) in [6.45, 7) is 6.86. The molecule has 0 saturated carbocycles. The van der Waals surface area contributed by atoms with Gasteiger partial charge in [0.25, 0.3) is 0 Å². The zero-order valence-electron chi connectivity index (χ0n) is 9.58. The molecule has 0 unspecified atom stereocenters. The first-order chi connectivity index (χ1) is 7.01. The van der Waals surface area contributed by atoms with Crippen molar-refractivity contribution in [2.24, 2.45) is 0 Å². The van der Waals surface area contributed by atoms with Crippen LogP contribution in [0.4, 0.5) is 0 Å². The molecule has 0 aliphatic carbocycles. The summed E-state index contributed by atoms with van der Waals surface area (Å²) in [6, 6.07) is 9.74. The minimum absolute atomic E-state index is 0.0768. The number of nitrogens with zero attached hydrogens (tertiary/aromatic N) is 1. The van der Waals surface area contributed by atoms with Crippen molar-refractivity contribution in [3.8, 4) is 6.07 Å². The third-order valence-corrected chi connectivity index (χ3v) is 2.01. The number of ether oxygens (including phenoxy) is 1. The summed E-state index contributed by atoms with van der Waals surface area (Å²) in [5.41, 5.74) is 1.83. The predicted molar refractivity (Wildman–Crippen MR) is 60.6 cm³/mol. The summed E-state index contributed by atoms with van der Waals surface area (Å²) < 4.78 is 5.62. The van der Waals surface area contributed by atoms with Crippen molar-refractivity contribution in [3.05, 3.63) is 35.4 Å². The molecule has 0 bridgehead atoms. The molecular formula is C13H17NO. The van der Waals surface area contributed by atoms with Gasteiger partial charge in [0, 0.05) is 0 Å². The van der Waals surface area contributed by atoms with Gasteiger partial charge in [-0.3, -0.25) is 0 Å². The third kappa shape index (κ3) is 4.62. The van der Waals surface area contributed by atoms with E-state index in [0.29, 0.717) is 5.56 Å². The second-order valence-corrected chi connectivity index (χ2v) is 4.52. The van der Waals surface area contributed by atoms with Gasteiger partial charge in [0.2, 0.25) is 0 Å². The van der Waals surface area contributed by atoms with Crippen LogP contribution < -0.4 is 0 Å². The Hall–Kier alpha value is -1.33. The van der Waals surface area contributed by atoms with E-state index in [-0.39, 0.29) is 5.60 Å². The molecule has 1 aromatic rings. The Labute approximate surface area is 91.5 Å². The highest BCUT2D eigenvalue weighted by molar-refractivity contribution is 5.31. The van der Waals surface area contributed by atoms with Gasteiger partial charge in [0.15, 0.2) is 0 Å². The van der Waals surface area contributed by atoms with Crippen LogP contribution in [0.3, 0.4) is 0 Å². The SMILES string of the molecule is CC(C)(C)OCCc1ccc(C#N)cc1. The van der Waals surface area contributed by atoms with Crippen molar-refractivity contribution in [1.29, 1.82) is 5.26 Å². The third-order valence-electron chi connectivity index (χ3n) is 2.01. The molecule has 0 amide bonds. The number of rotatable bonds is 3. The molecule has 0 heterocycles. The van der Waals surface area contributed by atoms with Crippen molar-refractivity contribution in [3.63, 3.8) is 0 Å². The molecule has 0 N–H and O–H groups in total. The average Bonchev–Trinajstić information content (AvgIpc) is 2.17. The average molecular weight is 203 g/mol. The highest BCUT2D eigenvalue weighted by Crippen LogP contribution is 2.09. The van der Waals surface area contributed by atoms with E-state index in [4.69, 9.17) is 10.00 Å². The van der Waals surface area contributed by atoms with Crippen LogP contribution in [-0.2, 0) is 11.2 Å². The molecule has 2 heteroatoms. The lowest BCUT2D eigenvalue weighted by Crippen LogP contribution is -2.20. The largest absolute Gasteiger partial charge is 0.376 e. The second kappa shape index (κ2) is 4.95. The van der Waals surface area contributed by atoms with Crippen molar-refractivity contribution in [1.82, 2.24) is 0 Å². The summed E-state index contributed by atoms with van der Waals surface area (Å²) in [5.74, 6) is 0. The number of hydrogen-bond donors (Lipinski definition) is 0. The lowest BCUT2D eigenvalue weighted by atomic mass is 10.1. The van der Waals surface area contributed by atoms with E-state index in [1.54, 1.807) is 0 Å². The molecule has 2 nitrogen and oxygen atoms in total. The maximum Gasteiger partial charge on any atom is 0.0991 e. The summed E-state index contributed by atoms with van der Waals surface area (Å²) >= 11 is 0. The molecule has 0 spiro atoms. The molecule has 0 aliphatic rings. The van der Waals surface area contributed by atoms with E-state index < -0.39 is 0 Å². The van der Waals surface area contributed by atoms with E-state index in [9.17, 15) is 0 Å². The van der Waals surface area contributed by atoms with Gasteiger partial charge in [-0.15, -0.1) is 0 Å². The van der Waals surface area contributed by atoms with Gasteiger partial charge in [-0.1, -0.05) is 12.1 Å². The van der Waals surface area contributed by atoms with Gasteiger partial charge in [-0.25, -0.2) is 0 Å². The fourth-order valence-electron chi connectivity index (χ4n) is 1.22. The Balaban J connectivity index is 2.42. The monoisotopic (exact) mass is 203 g/mol. The Morgan fingerprint density at radius 2 is 1.80 bits per heavy atom. The van der Waals surface area contributed by atoms with Gasteiger partial charge in [-0.05, 0) is 44.9 Å². The molecule has 0 atom stereocenters. The fourth-order valence-corrected chi connectivity index (χ4v) is 1.22. The molecule has 1 aromatic carbocycles. The van der Waals surface area contributed by atoms with E-state index in [2.05, 4.69) is 6.07 Å². The van der Waals surface area contributed by atoms with Crippen LogP contribution in [0.25, 0.3) is 0 Å². The number of benzene rings is 1. The zero-order chi connectivity index (χ0) is 11.3. The first-order valence-electron chi connectivity index (χ1n) is 5.14. The first kappa shape index (κ1) is 11.7. The summed E-state index contributed by atoms with van der Waals surface area (Å²) in [6.07, 6.45) is 0.892. The van der Waals surface area contributed by atoms with Gasteiger partial charge < -0.3 is 4.74 Å². The maximum absolute atomic E-state index is 8.64. The Bertz CT molecular complexity index is 340. The Morgan fingerprint density at radius 3 is 2.27 bits per heavy atom. The van der Waals surface area contributed by atoms with Crippen LogP contribution in [0, 0.1) is 11.3 Å². The lowest BCUT2D eigenvalue weighted by molar-refractivity contribution is -0.000976. The molecule has 0 aromatic heterocycles. The predicted octanol–water partition coefficient (Wildman–Crippen LogP) is 2.92. The Kier molecular flexibility index (Phi) is 3.88. The van der Waals surface area contributed by atoms with Crippen LogP contribution in [-0.4, -0.2) is 12.2 Å². The maximum atomic E-state index is 8.64. The molecule has 1 rings (SSSR count). The van der Waals surface area contributed by atoms with E-state index in [1.165, 1.54) is 5.56 Å². The van der Waals surface area contributed by atoms with Crippen molar-refractivity contribution in [2.75, 3.05) is 6.61 Å². The van der Waals surface area contributed by atoms with Crippen LogP contribution >= 0.6 is 0 Å². The zero-order valence-corrected chi connectivity index (χ0v) is 9.58. The van der Waals surface area contributed by atoms with Gasteiger partial charge in [0.05, 0.1) is 23.8 Å². The van der Waals surface area contributed by atoms with Crippen molar-refractivity contribution >= 4 is 0 Å². The Morgan fingerprint density at radius 1 is 1.20 bits per heavy atom. The standard InChI is InChI=1S/C13H17NO/c1-13(2,3)15-9-8-11-4-6-12(10-14)7-5-11/h4-7H,8-9H2,1-3H3. The van der Waals surface area contributed by atoms with Crippen LogP contribution in [0.1, 0.15) is 31.9 Å². The molecular weight excluding hydrogens is 186 g/mol. The van der Waals surface area contributed by atoms with Gasteiger partial charge >= 0.3 is 0 Å². The minimum Gasteiger partial charge on any atom is -0.376 e. The van der Waals surface area contributed by atoms with Gasteiger partial charge in [-0.2, -0.15) is 5.26 Å². The minimum atomic E-state index is -0.0768. The summed E-state index contributed by atoms with van der Waals surface area (Å²) in [4.78, 5) is 0. The van der Waals surface area contributed by atoms with Crippen LogP contribution in [0.2, 0.25) is 0 Å². The summed E-state index contributed by atoms with van der Waals surface area (Å²) in [5, 5.41) is 8.64. The normalized spacial score (nSPS) is 11.1. The molecule has 0 fully saturated rings. The number of hydrogen-bond acceptors (Lipinski definition) is 2. The highest BCUT2D eigenvalue weighted by Gasteiger charge is 2.09. The fraction of sp³-hybridized carbons (Fsp3) is 0.462. The quantitative estimate of drug-likeness (QED) is 0.756. The number of nitriles is 1. The topological polar surface area (TPSA) is 33.0 Å². The second-order valence-electron chi connectivity index (χ2n) is 4.52. The van der Waals surface area contributed by atoms with E-state index in [1.807, 2.05) is 45.0 Å². The molecule has 15 heavy (non-hydrogen) atoms. The highest BCUT2D eigenvalue weighted by atomic mass is 16.5. The summed E-state index contributed by atoms with van der Waals surface area (Å²) in [7, 11) is 0. The van der Waals surface area contributed by atoms with Crippen molar-refractivity contribution < 1.29 is 4.74 Å². The molecule has 0 radical (unpaired) electrons. The van der Waals surface area contributed by atoms with E-state index in [0.717, 1.165) is 13.0 Å². The lowest BCUT2D eigenvalue weighted by Gasteiger charge is -2.19. The van der Waals surface area contributed by atoms with Gasteiger partial charge in [0.1, 0.15) is 0 Å². The first-order valence-corrected chi connectivity index (χ1v) is 5.14. The smallest absolute Gasteiger partial charge is 0.0991 e. The molecule has 0 aliphatic heterocycles. The van der Waals surface area contributed by atoms with E-state index >= 15 is 0 Å². The van der Waals surface area contributed by atoms with Crippen molar-refractivity contribution in [2.45, 2.75) is 32.8 Å². The van der Waals surface area contributed by atoms with Crippen LogP contribution in [0.5, 0.6) is 0 Å². The molecule has 0 saturated heterocycles. The van der Waals surface area contributed by atoms with Crippen LogP contribution in [0.15, 0.2) is 24.3 Å².